The summed E-state index contributed by atoms with van der Waals surface area (Å²) < 4.78 is 0. The van der Waals surface area contributed by atoms with Gasteiger partial charge >= 0.3 is 0 Å². The molecule has 0 fully saturated rings. The summed E-state index contributed by atoms with van der Waals surface area (Å²) in [6, 6.07) is 14.4. The number of para-hydroxylation sites is 1. The number of nitrogens with zero attached hydrogens (tertiary/aromatic N) is 1. The monoisotopic (exact) mass is 523 g/mol. The minimum absolute atomic E-state index is 0.321. The second-order valence-corrected chi connectivity index (χ2v) is 10.7. The normalized spacial score (nSPS) is 15.1. The molecule has 178 valence electrons. The van der Waals surface area contributed by atoms with Gasteiger partial charge in [-0.15, -0.1) is 11.3 Å². The Morgan fingerprint density at radius 1 is 1.14 bits per heavy atom. The van der Waals surface area contributed by atoms with E-state index in [-0.39, 0.29) is 5.91 Å². The highest BCUT2D eigenvalue weighted by atomic mass is 35.5. The molecule has 0 unspecified atom stereocenters. The van der Waals surface area contributed by atoms with Crippen molar-refractivity contribution in [3.63, 3.8) is 0 Å². The molecule has 0 bridgehead atoms. The standard InChI is InChI=1S/C27H23Cl2N3O2S/c1-2-14-7-9-17-23(11-14)35-27(24(17)25(30)33)32-26(34)18-13-22(15-8-10-19(28)20(29)12-15)31-21-6-4-3-5-16(18)21/h3-6,8,10,12-14H,2,7,9,11H2,1H3,(H2,30,33)(H,32,34)/t14-/m0/s1. The highest BCUT2D eigenvalue weighted by Crippen LogP contribution is 2.40. The molecule has 5 nitrogen and oxygen atoms in total. The first-order valence-electron chi connectivity index (χ1n) is 11.5. The van der Waals surface area contributed by atoms with Crippen molar-refractivity contribution in [1.29, 1.82) is 0 Å². The number of benzene rings is 2. The number of hydrogen-bond donors (Lipinski definition) is 2. The van der Waals surface area contributed by atoms with E-state index in [1.54, 1.807) is 18.2 Å². The van der Waals surface area contributed by atoms with E-state index in [4.69, 9.17) is 33.9 Å². The Bertz CT molecular complexity index is 1480. The molecular formula is C27H23Cl2N3O2S. The number of thiophene rings is 1. The zero-order valence-electron chi connectivity index (χ0n) is 19.0. The third kappa shape index (κ3) is 4.54. The average molecular weight is 524 g/mol. The van der Waals surface area contributed by atoms with Crippen LogP contribution in [-0.4, -0.2) is 16.8 Å². The number of nitrogens with one attached hydrogen (secondary N) is 1. The summed E-state index contributed by atoms with van der Waals surface area (Å²) in [6.45, 7) is 2.18. The number of carbonyl (C=O) groups is 2. The minimum Gasteiger partial charge on any atom is -0.365 e. The number of hydrogen-bond acceptors (Lipinski definition) is 4. The summed E-state index contributed by atoms with van der Waals surface area (Å²) in [6.07, 6.45) is 3.83. The van der Waals surface area contributed by atoms with Crippen molar-refractivity contribution >= 4 is 62.3 Å². The van der Waals surface area contributed by atoms with Crippen molar-refractivity contribution in [2.45, 2.75) is 32.6 Å². The number of aromatic nitrogens is 1. The number of primary amides is 1. The smallest absolute Gasteiger partial charge is 0.257 e. The lowest BCUT2D eigenvalue weighted by Crippen LogP contribution is -2.20. The van der Waals surface area contributed by atoms with Crippen LogP contribution in [0.25, 0.3) is 22.2 Å². The van der Waals surface area contributed by atoms with Crippen molar-refractivity contribution < 1.29 is 9.59 Å². The molecule has 3 N–H and O–H groups in total. The van der Waals surface area contributed by atoms with Crippen LogP contribution in [0.1, 0.15) is 50.9 Å². The lowest BCUT2D eigenvalue weighted by Gasteiger charge is -2.20. The molecule has 0 radical (unpaired) electrons. The van der Waals surface area contributed by atoms with E-state index in [1.807, 2.05) is 30.3 Å². The van der Waals surface area contributed by atoms with Gasteiger partial charge in [0.15, 0.2) is 0 Å². The van der Waals surface area contributed by atoms with Crippen molar-refractivity contribution in [3.05, 3.63) is 80.1 Å². The van der Waals surface area contributed by atoms with E-state index in [0.717, 1.165) is 41.7 Å². The maximum Gasteiger partial charge on any atom is 0.257 e. The Labute approximate surface area is 217 Å². The fourth-order valence-electron chi connectivity index (χ4n) is 4.69. The number of fused-ring (bicyclic) bond motifs is 2. The van der Waals surface area contributed by atoms with Gasteiger partial charge in [-0.05, 0) is 55.0 Å². The van der Waals surface area contributed by atoms with Crippen LogP contribution < -0.4 is 11.1 Å². The Balaban J connectivity index is 1.57. The van der Waals surface area contributed by atoms with Gasteiger partial charge in [-0.3, -0.25) is 9.59 Å². The number of nitrogens with two attached hydrogens (primary N) is 1. The van der Waals surface area contributed by atoms with Crippen LogP contribution in [0.2, 0.25) is 10.0 Å². The molecule has 1 aliphatic rings. The van der Waals surface area contributed by atoms with Gasteiger partial charge in [0.25, 0.3) is 11.8 Å². The Kier molecular flexibility index (Phi) is 6.53. The first-order chi connectivity index (χ1) is 16.9. The van der Waals surface area contributed by atoms with Crippen LogP contribution in [0.3, 0.4) is 0 Å². The molecule has 5 rings (SSSR count). The Morgan fingerprint density at radius 3 is 2.69 bits per heavy atom. The third-order valence-electron chi connectivity index (χ3n) is 6.59. The van der Waals surface area contributed by atoms with Gasteiger partial charge in [0.05, 0.1) is 32.4 Å². The van der Waals surface area contributed by atoms with E-state index in [9.17, 15) is 9.59 Å². The fourth-order valence-corrected chi connectivity index (χ4v) is 6.35. The van der Waals surface area contributed by atoms with Crippen molar-refractivity contribution in [2.75, 3.05) is 5.32 Å². The van der Waals surface area contributed by atoms with E-state index in [2.05, 4.69) is 12.2 Å². The van der Waals surface area contributed by atoms with E-state index < -0.39 is 5.91 Å². The van der Waals surface area contributed by atoms with Gasteiger partial charge in [0.2, 0.25) is 0 Å². The molecule has 2 heterocycles. The van der Waals surface area contributed by atoms with Crippen LogP contribution in [0.5, 0.6) is 0 Å². The number of carbonyl (C=O) groups excluding carboxylic acids is 2. The molecule has 2 amide bonds. The van der Waals surface area contributed by atoms with E-state index >= 15 is 0 Å². The predicted molar refractivity (Wildman–Crippen MR) is 144 cm³/mol. The number of rotatable bonds is 5. The first-order valence-corrected chi connectivity index (χ1v) is 13.0. The highest BCUT2D eigenvalue weighted by Gasteiger charge is 2.28. The molecule has 0 aliphatic heterocycles. The fraction of sp³-hybridized carbons (Fsp3) is 0.222. The summed E-state index contributed by atoms with van der Waals surface area (Å²) in [7, 11) is 0. The van der Waals surface area contributed by atoms with Crippen molar-refractivity contribution in [1.82, 2.24) is 4.98 Å². The van der Waals surface area contributed by atoms with Gasteiger partial charge in [-0.1, -0.05) is 60.8 Å². The molecule has 0 spiro atoms. The lowest BCUT2D eigenvalue weighted by atomic mass is 9.85. The van der Waals surface area contributed by atoms with Crippen molar-refractivity contribution in [2.24, 2.45) is 11.7 Å². The summed E-state index contributed by atoms with van der Waals surface area (Å²) in [4.78, 5) is 31.9. The number of anilines is 1. The van der Waals surface area contributed by atoms with Crippen LogP contribution >= 0.6 is 34.5 Å². The summed E-state index contributed by atoms with van der Waals surface area (Å²) >= 11 is 13.8. The Hall–Kier alpha value is -2.93. The maximum absolute atomic E-state index is 13.6. The average Bonchev–Trinajstić information content (AvgIpc) is 3.22. The summed E-state index contributed by atoms with van der Waals surface area (Å²) in [5.41, 5.74) is 9.65. The van der Waals surface area contributed by atoms with Gasteiger partial charge < -0.3 is 11.1 Å². The molecular weight excluding hydrogens is 501 g/mol. The molecule has 8 heteroatoms. The second kappa shape index (κ2) is 9.61. The van der Waals surface area contributed by atoms with Crippen LogP contribution in [0.4, 0.5) is 5.00 Å². The molecule has 1 aliphatic carbocycles. The Morgan fingerprint density at radius 2 is 1.94 bits per heavy atom. The zero-order chi connectivity index (χ0) is 24.7. The third-order valence-corrected chi connectivity index (χ3v) is 8.50. The quantitative estimate of drug-likeness (QED) is 0.291. The molecule has 35 heavy (non-hydrogen) atoms. The van der Waals surface area contributed by atoms with Crippen LogP contribution in [-0.2, 0) is 12.8 Å². The van der Waals surface area contributed by atoms with Gasteiger partial charge in [-0.25, -0.2) is 4.98 Å². The predicted octanol–water partition coefficient (Wildman–Crippen LogP) is 7.14. The maximum atomic E-state index is 13.6. The largest absolute Gasteiger partial charge is 0.365 e. The molecule has 2 aromatic carbocycles. The summed E-state index contributed by atoms with van der Waals surface area (Å²) in [5, 5.41) is 5.07. The number of amides is 2. The number of pyridine rings is 1. The van der Waals surface area contributed by atoms with Crippen LogP contribution in [0, 0.1) is 5.92 Å². The van der Waals surface area contributed by atoms with Gasteiger partial charge in [-0.2, -0.15) is 0 Å². The molecule has 0 saturated carbocycles. The lowest BCUT2D eigenvalue weighted by molar-refractivity contribution is 0.1000. The molecule has 0 saturated heterocycles. The topological polar surface area (TPSA) is 85.1 Å². The molecule has 2 aromatic heterocycles. The second-order valence-electron chi connectivity index (χ2n) is 8.74. The minimum atomic E-state index is -0.510. The highest BCUT2D eigenvalue weighted by molar-refractivity contribution is 7.17. The van der Waals surface area contributed by atoms with E-state index in [0.29, 0.717) is 48.7 Å². The van der Waals surface area contributed by atoms with Gasteiger partial charge in [0.1, 0.15) is 5.00 Å². The first kappa shape index (κ1) is 23.8. The molecule has 1 atom stereocenters. The number of halogens is 2. The zero-order valence-corrected chi connectivity index (χ0v) is 21.4. The molecule has 4 aromatic rings. The van der Waals surface area contributed by atoms with E-state index in [1.165, 1.54) is 11.3 Å². The van der Waals surface area contributed by atoms with Crippen LogP contribution in [0.15, 0.2) is 48.5 Å². The van der Waals surface area contributed by atoms with Gasteiger partial charge in [0, 0.05) is 15.8 Å². The van der Waals surface area contributed by atoms with Crippen molar-refractivity contribution in [3.8, 4) is 11.3 Å². The summed E-state index contributed by atoms with van der Waals surface area (Å²) in [5.74, 6) is -0.245. The SMILES string of the molecule is CC[C@H]1CCc2c(sc(NC(=O)c3cc(-c4ccc(Cl)c(Cl)c4)nc4ccccc34)c2C(N)=O)C1.